The molecule has 3 unspecified atom stereocenters. The van der Waals surface area contributed by atoms with Gasteiger partial charge in [-0.2, -0.15) is 8.42 Å². The highest BCUT2D eigenvalue weighted by molar-refractivity contribution is 7.87. The molecule has 0 aliphatic heterocycles. The number of carbonyl (C=O) groups is 2. The molecule has 1 N–H and O–H groups in total. The molecule has 0 radical (unpaired) electrons. The highest BCUT2D eigenvalue weighted by atomic mass is 32.2. The van der Waals surface area contributed by atoms with Crippen LogP contribution in [0.3, 0.4) is 0 Å². The molecule has 0 aliphatic rings. The lowest BCUT2D eigenvalue weighted by Crippen LogP contribution is -2.35. The van der Waals surface area contributed by atoms with Crippen molar-refractivity contribution < 1.29 is 32.0 Å². The van der Waals surface area contributed by atoms with E-state index >= 15 is 0 Å². The number of ether oxygens (including phenoxy) is 2. The van der Waals surface area contributed by atoms with Gasteiger partial charge in [-0.3, -0.25) is 14.1 Å². The molecular formula is C22H42O7S. The normalized spacial score (nSPS) is 14.7. The minimum absolute atomic E-state index is 0.0788. The standard InChI is InChI=1S/C22H42O7S/c1-5-9-11-13-18(7-3)16-28-21(23)15-20(30(25,26)27)22(24)29-17-19(8-4)14-12-10-6-2/h18-20H,5-17H2,1-4H3,(H,25,26,27). The Kier molecular flexibility index (Phi) is 15.9. The van der Waals surface area contributed by atoms with E-state index < -0.39 is 33.7 Å². The summed E-state index contributed by atoms with van der Waals surface area (Å²) in [4.78, 5) is 24.4. The molecule has 0 spiro atoms. The monoisotopic (exact) mass is 450 g/mol. The Bertz CT molecular complexity index is 574. The Balaban J connectivity index is 4.69. The van der Waals surface area contributed by atoms with E-state index in [1.54, 1.807) is 0 Å². The van der Waals surface area contributed by atoms with Crippen LogP contribution in [0.2, 0.25) is 0 Å². The second-order valence-electron chi connectivity index (χ2n) is 8.06. The quantitative estimate of drug-likeness (QED) is 0.179. The molecule has 0 aliphatic carbocycles. The summed E-state index contributed by atoms with van der Waals surface area (Å²) in [6, 6.07) is 0. The van der Waals surface area contributed by atoms with Crippen molar-refractivity contribution >= 4 is 22.1 Å². The lowest BCUT2D eigenvalue weighted by atomic mass is 9.99. The summed E-state index contributed by atoms with van der Waals surface area (Å²) in [7, 11) is -4.77. The van der Waals surface area contributed by atoms with Gasteiger partial charge in [0.05, 0.1) is 19.6 Å². The molecule has 0 fully saturated rings. The first-order valence-electron chi connectivity index (χ1n) is 11.5. The lowest BCUT2D eigenvalue weighted by Gasteiger charge is -2.18. The van der Waals surface area contributed by atoms with Gasteiger partial charge in [-0.25, -0.2) is 0 Å². The molecule has 0 aromatic carbocycles. The fraction of sp³-hybridized carbons (Fsp3) is 0.909. The molecule has 0 heterocycles. The van der Waals surface area contributed by atoms with Crippen molar-refractivity contribution in [3.05, 3.63) is 0 Å². The number of hydrogen-bond donors (Lipinski definition) is 1. The van der Waals surface area contributed by atoms with Gasteiger partial charge in [0.25, 0.3) is 10.1 Å². The number of esters is 2. The van der Waals surface area contributed by atoms with E-state index in [1.807, 2.05) is 13.8 Å². The van der Waals surface area contributed by atoms with Gasteiger partial charge in [0.15, 0.2) is 5.25 Å². The van der Waals surface area contributed by atoms with Gasteiger partial charge in [-0.15, -0.1) is 0 Å². The molecule has 30 heavy (non-hydrogen) atoms. The number of rotatable bonds is 18. The Morgan fingerprint density at radius 2 is 1.27 bits per heavy atom. The van der Waals surface area contributed by atoms with Crippen LogP contribution >= 0.6 is 0 Å². The van der Waals surface area contributed by atoms with Crippen LogP contribution in [-0.4, -0.2) is 43.4 Å². The van der Waals surface area contributed by atoms with E-state index in [1.165, 1.54) is 0 Å². The smallest absolute Gasteiger partial charge is 0.327 e. The first-order valence-corrected chi connectivity index (χ1v) is 13.0. The van der Waals surface area contributed by atoms with Crippen molar-refractivity contribution in [2.75, 3.05) is 13.2 Å². The highest BCUT2D eigenvalue weighted by Crippen LogP contribution is 2.17. The van der Waals surface area contributed by atoms with Gasteiger partial charge >= 0.3 is 11.9 Å². The summed E-state index contributed by atoms with van der Waals surface area (Å²) >= 11 is 0. The lowest BCUT2D eigenvalue weighted by molar-refractivity contribution is -0.151. The van der Waals surface area contributed by atoms with Gasteiger partial charge in [0, 0.05) is 0 Å². The summed E-state index contributed by atoms with van der Waals surface area (Å²) < 4.78 is 43.1. The van der Waals surface area contributed by atoms with Crippen LogP contribution in [0.25, 0.3) is 0 Å². The number of carbonyl (C=O) groups excluding carboxylic acids is 2. The molecule has 0 saturated carbocycles. The van der Waals surface area contributed by atoms with Crippen molar-refractivity contribution in [1.29, 1.82) is 0 Å². The molecule has 0 aromatic rings. The van der Waals surface area contributed by atoms with Gasteiger partial charge in [0.2, 0.25) is 0 Å². The molecule has 0 amide bonds. The van der Waals surface area contributed by atoms with E-state index in [2.05, 4.69) is 13.8 Å². The van der Waals surface area contributed by atoms with Crippen molar-refractivity contribution in [3.63, 3.8) is 0 Å². The fourth-order valence-corrected chi connectivity index (χ4v) is 3.86. The Hall–Kier alpha value is -1.15. The minimum atomic E-state index is -4.77. The summed E-state index contributed by atoms with van der Waals surface area (Å²) in [5.41, 5.74) is 0. The third-order valence-corrected chi connectivity index (χ3v) is 6.58. The van der Waals surface area contributed by atoms with Crippen LogP contribution < -0.4 is 0 Å². The first-order chi connectivity index (χ1) is 14.2. The molecule has 0 saturated heterocycles. The van der Waals surface area contributed by atoms with E-state index in [-0.39, 0.29) is 25.0 Å². The zero-order chi connectivity index (χ0) is 23.0. The van der Waals surface area contributed by atoms with Crippen LogP contribution in [0.5, 0.6) is 0 Å². The molecular weight excluding hydrogens is 408 g/mol. The SMILES string of the molecule is CCCCCC(CC)COC(=O)CC(C(=O)OCC(CC)CCCCC)S(=O)(=O)O. The zero-order valence-corrected chi connectivity index (χ0v) is 20.0. The molecule has 0 rings (SSSR count). The Morgan fingerprint density at radius 3 is 1.67 bits per heavy atom. The highest BCUT2D eigenvalue weighted by Gasteiger charge is 2.36. The second kappa shape index (κ2) is 16.5. The maximum atomic E-state index is 12.3. The van der Waals surface area contributed by atoms with E-state index in [9.17, 15) is 22.6 Å². The Morgan fingerprint density at radius 1 is 0.800 bits per heavy atom. The van der Waals surface area contributed by atoms with Crippen molar-refractivity contribution in [3.8, 4) is 0 Å². The zero-order valence-electron chi connectivity index (χ0n) is 19.2. The number of hydrogen-bond acceptors (Lipinski definition) is 6. The van der Waals surface area contributed by atoms with E-state index in [0.717, 1.165) is 64.2 Å². The predicted octanol–water partition coefficient (Wildman–Crippen LogP) is 4.93. The number of unbranched alkanes of at least 4 members (excludes halogenated alkanes) is 4. The average molecular weight is 451 g/mol. The summed E-state index contributed by atoms with van der Waals surface area (Å²) in [6.45, 7) is 8.46. The minimum Gasteiger partial charge on any atom is -0.465 e. The van der Waals surface area contributed by atoms with Crippen LogP contribution in [-0.2, 0) is 29.2 Å². The van der Waals surface area contributed by atoms with Crippen molar-refractivity contribution in [2.45, 2.75) is 104 Å². The van der Waals surface area contributed by atoms with Crippen LogP contribution in [0.4, 0.5) is 0 Å². The van der Waals surface area contributed by atoms with Gasteiger partial charge < -0.3 is 9.47 Å². The van der Waals surface area contributed by atoms with E-state index in [0.29, 0.717) is 0 Å². The maximum Gasteiger partial charge on any atom is 0.327 e. The van der Waals surface area contributed by atoms with Crippen molar-refractivity contribution in [1.82, 2.24) is 0 Å². The topological polar surface area (TPSA) is 107 Å². The molecule has 178 valence electrons. The summed E-state index contributed by atoms with van der Waals surface area (Å²) in [6.07, 6.45) is 9.15. The van der Waals surface area contributed by atoms with Crippen LogP contribution in [0.1, 0.15) is 98.3 Å². The maximum absolute atomic E-state index is 12.3. The Labute approximate surface area is 183 Å². The average Bonchev–Trinajstić information content (AvgIpc) is 2.70. The van der Waals surface area contributed by atoms with Crippen LogP contribution in [0, 0.1) is 11.8 Å². The molecule has 8 heteroatoms. The third-order valence-electron chi connectivity index (χ3n) is 5.50. The third kappa shape index (κ3) is 13.2. The molecule has 0 bridgehead atoms. The van der Waals surface area contributed by atoms with Gasteiger partial charge in [-0.05, 0) is 24.7 Å². The van der Waals surface area contributed by atoms with Crippen LogP contribution in [0.15, 0.2) is 0 Å². The first kappa shape index (κ1) is 28.9. The molecule has 3 atom stereocenters. The fourth-order valence-electron chi connectivity index (χ4n) is 3.20. The molecule has 0 aromatic heterocycles. The van der Waals surface area contributed by atoms with E-state index in [4.69, 9.17) is 9.47 Å². The summed E-state index contributed by atoms with van der Waals surface area (Å²) in [5, 5.41) is -1.95. The van der Waals surface area contributed by atoms with Gasteiger partial charge in [-0.1, -0.05) is 79.1 Å². The largest absolute Gasteiger partial charge is 0.465 e. The molecule has 7 nitrogen and oxygen atoms in total. The van der Waals surface area contributed by atoms with Crippen molar-refractivity contribution in [2.24, 2.45) is 11.8 Å². The van der Waals surface area contributed by atoms with Gasteiger partial charge in [0.1, 0.15) is 0 Å². The summed E-state index contributed by atoms with van der Waals surface area (Å²) in [5.74, 6) is -1.59. The predicted molar refractivity (Wildman–Crippen MR) is 118 cm³/mol. The second-order valence-corrected chi connectivity index (χ2v) is 9.66.